The number of hydrogen-bond donors (Lipinski definition) is 2. The molecule has 0 aliphatic rings. The zero-order chi connectivity index (χ0) is 12.7. The summed E-state index contributed by atoms with van der Waals surface area (Å²) in [4.78, 5) is 0. The van der Waals surface area contributed by atoms with Gasteiger partial charge in [-0.25, -0.2) is 4.39 Å². The molecule has 0 fully saturated rings. The van der Waals surface area contributed by atoms with Crippen molar-refractivity contribution in [3.8, 4) is 0 Å². The van der Waals surface area contributed by atoms with E-state index < -0.39 is 0 Å². The Morgan fingerprint density at radius 3 is 2.71 bits per heavy atom. The number of nitrogens with two attached hydrogens (primary N) is 1. The van der Waals surface area contributed by atoms with Gasteiger partial charge in [0.2, 0.25) is 0 Å². The summed E-state index contributed by atoms with van der Waals surface area (Å²) < 4.78 is 12.9. The molecule has 1 atom stereocenters. The first-order valence-corrected chi connectivity index (χ1v) is 6.28. The van der Waals surface area contributed by atoms with Crippen LogP contribution in [-0.2, 0) is 6.42 Å². The van der Waals surface area contributed by atoms with Crippen molar-refractivity contribution in [1.82, 2.24) is 5.32 Å². The number of benzene rings is 1. The second-order valence-corrected chi connectivity index (χ2v) is 4.82. The van der Waals surface area contributed by atoms with E-state index in [1.165, 1.54) is 6.07 Å². The number of nitrogens with one attached hydrogen (secondary N) is 1. The molecule has 17 heavy (non-hydrogen) atoms. The Bertz CT molecular complexity index is 326. The van der Waals surface area contributed by atoms with Crippen LogP contribution in [0.25, 0.3) is 0 Å². The van der Waals surface area contributed by atoms with Crippen molar-refractivity contribution in [2.24, 2.45) is 17.6 Å². The highest BCUT2D eigenvalue weighted by molar-refractivity contribution is 5.16. The third-order valence-electron chi connectivity index (χ3n) is 3.13. The Morgan fingerprint density at radius 2 is 2.12 bits per heavy atom. The van der Waals surface area contributed by atoms with Gasteiger partial charge in [-0.15, -0.1) is 0 Å². The van der Waals surface area contributed by atoms with Crippen LogP contribution in [0, 0.1) is 17.7 Å². The fourth-order valence-electron chi connectivity index (χ4n) is 1.80. The number of halogens is 1. The van der Waals surface area contributed by atoms with Gasteiger partial charge in [-0.2, -0.15) is 0 Å². The molecule has 1 aromatic rings. The Balaban J connectivity index is 2.24. The summed E-state index contributed by atoms with van der Waals surface area (Å²) >= 11 is 0. The Labute approximate surface area is 103 Å². The Morgan fingerprint density at radius 1 is 1.35 bits per heavy atom. The van der Waals surface area contributed by atoms with Crippen LogP contribution in [-0.4, -0.2) is 19.6 Å². The van der Waals surface area contributed by atoms with Crippen LogP contribution in [0.4, 0.5) is 4.39 Å². The monoisotopic (exact) mass is 238 g/mol. The first-order chi connectivity index (χ1) is 8.13. The van der Waals surface area contributed by atoms with Gasteiger partial charge in [-0.1, -0.05) is 26.0 Å². The van der Waals surface area contributed by atoms with Crippen LogP contribution in [0.2, 0.25) is 0 Å². The van der Waals surface area contributed by atoms with E-state index in [4.69, 9.17) is 5.73 Å². The predicted octanol–water partition coefficient (Wildman–Crippen LogP) is 2.19. The second kappa shape index (κ2) is 7.41. The van der Waals surface area contributed by atoms with Crippen LogP contribution in [0.5, 0.6) is 0 Å². The summed E-state index contributed by atoms with van der Waals surface area (Å²) in [5.41, 5.74) is 6.73. The maximum absolute atomic E-state index is 12.9. The van der Waals surface area contributed by atoms with Gasteiger partial charge in [0.25, 0.3) is 0 Å². The van der Waals surface area contributed by atoms with Crippen molar-refractivity contribution in [3.05, 3.63) is 35.6 Å². The van der Waals surface area contributed by atoms with Gasteiger partial charge in [0, 0.05) is 0 Å². The van der Waals surface area contributed by atoms with E-state index in [-0.39, 0.29) is 5.82 Å². The van der Waals surface area contributed by atoms with Crippen molar-refractivity contribution >= 4 is 0 Å². The maximum Gasteiger partial charge on any atom is 0.123 e. The smallest absolute Gasteiger partial charge is 0.123 e. The largest absolute Gasteiger partial charge is 0.330 e. The topological polar surface area (TPSA) is 38.0 Å². The lowest BCUT2D eigenvalue weighted by Crippen LogP contribution is -2.32. The van der Waals surface area contributed by atoms with E-state index in [1.54, 1.807) is 12.1 Å². The van der Waals surface area contributed by atoms with E-state index in [9.17, 15) is 4.39 Å². The third-order valence-corrected chi connectivity index (χ3v) is 3.13. The Hall–Kier alpha value is -0.930. The summed E-state index contributed by atoms with van der Waals surface area (Å²) in [5.74, 6) is 0.952. The van der Waals surface area contributed by atoms with Crippen LogP contribution in [0.15, 0.2) is 24.3 Å². The molecule has 96 valence electrons. The van der Waals surface area contributed by atoms with Crippen molar-refractivity contribution in [3.63, 3.8) is 0 Å². The lowest BCUT2D eigenvalue weighted by Gasteiger charge is -2.19. The highest BCUT2D eigenvalue weighted by atomic mass is 19.1. The molecule has 0 saturated heterocycles. The molecule has 0 amide bonds. The zero-order valence-electron chi connectivity index (χ0n) is 10.7. The van der Waals surface area contributed by atoms with Crippen molar-refractivity contribution in [2.45, 2.75) is 20.3 Å². The maximum atomic E-state index is 12.9. The van der Waals surface area contributed by atoms with Gasteiger partial charge in [-0.3, -0.25) is 0 Å². The molecular weight excluding hydrogens is 215 g/mol. The fraction of sp³-hybridized carbons (Fsp3) is 0.571. The quantitative estimate of drug-likeness (QED) is 0.715. The lowest BCUT2D eigenvalue weighted by atomic mass is 9.96. The summed E-state index contributed by atoms with van der Waals surface area (Å²) in [6.07, 6.45) is 0.854. The molecule has 0 aliphatic carbocycles. The molecule has 2 nitrogen and oxygen atoms in total. The molecule has 0 heterocycles. The van der Waals surface area contributed by atoms with Gasteiger partial charge < -0.3 is 11.1 Å². The molecule has 0 saturated carbocycles. The minimum absolute atomic E-state index is 0.162. The van der Waals surface area contributed by atoms with E-state index in [1.807, 2.05) is 6.07 Å². The average molecular weight is 238 g/mol. The van der Waals surface area contributed by atoms with Gasteiger partial charge >= 0.3 is 0 Å². The molecule has 3 N–H and O–H groups in total. The minimum atomic E-state index is -0.162. The van der Waals surface area contributed by atoms with Crippen molar-refractivity contribution in [1.29, 1.82) is 0 Å². The van der Waals surface area contributed by atoms with Crippen LogP contribution in [0.1, 0.15) is 19.4 Å². The van der Waals surface area contributed by atoms with E-state index in [0.717, 1.165) is 25.1 Å². The molecule has 0 spiro atoms. The SMILES string of the molecule is CC(C)C(CN)CNCCc1cccc(F)c1. The van der Waals surface area contributed by atoms with Crippen LogP contribution in [0.3, 0.4) is 0 Å². The van der Waals surface area contributed by atoms with E-state index in [0.29, 0.717) is 18.4 Å². The van der Waals surface area contributed by atoms with Gasteiger partial charge in [0.1, 0.15) is 5.82 Å². The normalized spacial score (nSPS) is 13.0. The molecule has 1 aromatic carbocycles. The summed E-state index contributed by atoms with van der Waals surface area (Å²) in [6.45, 7) is 6.89. The highest BCUT2D eigenvalue weighted by Gasteiger charge is 2.10. The minimum Gasteiger partial charge on any atom is -0.330 e. The standard InChI is InChI=1S/C14H23FN2/c1-11(2)13(9-16)10-17-7-6-12-4-3-5-14(15)8-12/h3-5,8,11,13,17H,6-7,9-10,16H2,1-2H3. The first kappa shape index (κ1) is 14.1. The molecule has 3 heteroatoms. The average Bonchev–Trinajstić information content (AvgIpc) is 2.28. The molecule has 1 rings (SSSR count). The summed E-state index contributed by atoms with van der Waals surface area (Å²) in [6, 6.07) is 6.76. The Kier molecular flexibility index (Phi) is 6.16. The molecular formula is C14H23FN2. The summed E-state index contributed by atoms with van der Waals surface area (Å²) in [5, 5.41) is 3.38. The lowest BCUT2D eigenvalue weighted by molar-refractivity contribution is 0.372. The predicted molar refractivity (Wildman–Crippen MR) is 70.4 cm³/mol. The van der Waals surface area contributed by atoms with Gasteiger partial charge in [0.15, 0.2) is 0 Å². The first-order valence-electron chi connectivity index (χ1n) is 6.28. The van der Waals surface area contributed by atoms with E-state index >= 15 is 0 Å². The van der Waals surface area contributed by atoms with Crippen LogP contribution < -0.4 is 11.1 Å². The number of rotatable bonds is 7. The highest BCUT2D eigenvalue weighted by Crippen LogP contribution is 2.07. The van der Waals surface area contributed by atoms with Crippen LogP contribution >= 0.6 is 0 Å². The molecule has 0 aromatic heterocycles. The zero-order valence-corrected chi connectivity index (χ0v) is 10.7. The number of hydrogen-bond acceptors (Lipinski definition) is 2. The van der Waals surface area contributed by atoms with Crippen molar-refractivity contribution < 1.29 is 4.39 Å². The fourth-order valence-corrected chi connectivity index (χ4v) is 1.80. The molecule has 0 radical (unpaired) electrons. The van der Waals surface area contributed by atoms with Gasteiger partial charge in [-0.05, 0) is 55.6 Å². The summed E-state index contributed by atoms with van der Waals surface area (Å²) in [7, 11) is 0. The molecule has 0 bridgehead atoms. The molecule has 0 aliphatic heterocycles. The van der Waals surface area contributed by atoms with Gasteiger partial charge in [0.05, 0.1) is 0 Å². The third kappa shape index (κ3) is 5.29. The second-order valence-electron chi connectivity index (χ2n) is 4.82. The van der Waals surface area contributed by atoms with Crippen molar-refractivity contribution in [2.75, 3.05) is 19.6 Å². The van der Waals surface area contributed by atoms with E-state index in [2.05, 4.69) is 19.2 Å². The molecule has 1 unspecified atom stereocenters.